The van der Waals surface area contributed by atoms with Crippen molar-refractivity contribution in [3.63, 3.8) is 0 Å². The number of hydrogen-bond acceptors (Lipinski definition) is 3. The Morgan fingerprint density at radius 1 is 1.56 bits per heavy atom. The molecule has 0 aromatic carbocycles. The number of hydrogen-bond donors (Lipinski definition) is 1. The van der Waals surface area contributed by atoms with Crippen molar-refractivity contribution in [1.82, 2.24) is 5.32 Å². The van der Waals surface area contributed by atoms with Crippen LogP contribution in [-0.2, 0) is 15.5 Å². The minimum atomic E-state index is -0.749. The third-order valence-corrected chi connectivity index (χ3v) is 4.94. The maximum atomic E-state index is 12.0. The van der Waals surface area contributed by atoms with E-state index >= 15 is 0 Å². The Bertz CT molecular complexity index is 217. The van der Waals surface area contributed by atoms with Crippen LogP contribution < -0.4 is 5.32 Å². The van der Waals surface area contributed by atoms with E-state index in [-0.39, 0.29) is 6.10 Å². The van der Waals surface area contributed by atoms with E-state index in [4.69, 9.17) is 4.74 Å². The van der Waals surface area contributed by atoms with E-state index in [1.165, 1.54) is 0 Å². The predicted molar refractivity (Wildman–Crippen MR) is 69.2 cm³/mol. The van der Waals surface area contributed by atoms with Crippen LogP contribution in [0.4, 0.5) is 0 Å². The first-order chi connectivity index (χ1) is 7.67. The molecule has 0 saturated carbocycles. The highest BCUT2D eigenvalue weighted by Crippen LogP contribution is 2.14. The first-order valence-corrected chi connectivity index (χ1v) is 7.80. The van der Waals surface area contributed by atoms with Crippen LogP contribution in [0.15, 0.2) is 0 Å². The second-order valence-corrected chi connectivity index (χ2v) is 6.24. The van der Waals surface area contributed by atoms with Gasteiger partial charge in [0.05, 0.1) is 6.10 Å². The maximum absolute atomic E-state index is 12.0. The van der Waals surface area contributed by atoms with Crippen molar-refractivity contribution in [1.29, 1.82) is 0 Å². The number of nitrogens with one attached hydrogen (secondary N) is 1. The smallest absolute Gasteiger partial charge is 0.0691 e. The Labute approximate surface area is 102 Å². The van der Waals surface area contributed by atoms with Gasteiger partial charge in [0.1, 0.15) is 0 Å². The Hall–Kier alpha value is 0.0700. The first kappa shape index (κ1) is 14.1. The monoisotopic (exact) mass is 247 g/mol. The fourth-order valence-corrected chi connectivity index (χ4v) is 3.78. The van der Waals surface area contributed by atoms with E-state index in [1.807, 2.05) is 7.05 Å². The molecule has 0 spiro atoms. The highest BCUT2D eigenvalue weighted by atomic mass is 32.2. The van der Waals surface area contributed by atoms with E-state index < -0.39 is 10.8 Å². The molecule has 1 N–H and O–H groups in total. The topological polar surface area (TPSA) is 38.3 Å². The van der Waals surface area contributed by atoms with Gasteiger partial charge in [0.2, 0.25) is 0 Å². The van der Waals surface area contributed by atoms with Gasteiger partial charge >= 0.3 is 0 Å². The minimum absolute atomic E-state index is 0.246. The predicted octanol–water partition coefficient (Wildman–Crippen LogP) is 1.55. The van der Waals surface area contributed by atoms with Crippen molar-refractivity contribution in [3.8, 4) is 0 Å². The largest absolute Gasteiger partial charge is 0.377 e. The van der Waals surface area contributed by atoms with Crippen molar-refractivity contribution >= 4 is 10.8 Å². The van der Waals surface area contributed by atoms with E-state index in [2.05, 4.69) is 19.2 Å². The minimum Gasteiger partial charge on any atom is -0.377 e. The molecule has 3 nitrogen and oxygen atoms in total. The lowest BCUT2D eigenvalue weighted by Crippen LogP contribution is -2.38. The van der Waals surface area contributed by atoms with Crippen LogP contribution in [-0.4, -0.2) is 41.5 Å². The van der Waals surface area contributed by atoms with Crippen LogP contribution in [0.25, 0.3) is 0 Å². The molecule has 1 fully saturated rings. The molecule has 96 valence electrons. The lowest BCUT2D eigenvalue weighted by Gasteiger charge is -2.22. The fourth-order valence-electron chi connectivity index (χ4n) is 2.07. The first-order valence-electron chi connectivity index (χ1n) is 6.31. The molecule has 1 heterocycles. The fraction of sp³-hybridized carbons (Fsp3) is 1.00. The van der Waals surface area contributed by atoms with E-state index in [9.17, 15) is 4.21 Å². The van der Waals surface area contributed by atoms with Gasteiger partial charge in [-0.05, 0) is 25.8 Å². The molecule has 1 aliphatic heterocycles. The number of ether oxygens (including phenoxy) is 1. The lowest BCUT2D eigenvalue weighted by atomic mass is 10.0. The van der Waals surface area contributed by atoms with Crippen LogP contribution in [0, 0.1) is 5.92 Å². The van der Waals surface area contributed by atoms with Gasteiger partial charge in [0.15, 0.2) is 0 Å². The summed E-state index contributed by atoms with van der Waals surface area (Å²) in [6, 6.07) is 0.368. The van der Waals surface area contributed by atoms with Gasteiger partial charge in [-0.15, -0.1) is 0 Å². The summed E-state index contributed by atoms with van der Waals surface area (Å²) >= 11 is 0. The lowest BCUT2D eigenvalue weighted by molar-refractivity contribution is 0.128. The van der Waals surface area contributed by atoms with Crippen LogP contribution in [0.2, 0.25) is 0 Å². The zero-order valence-electron chi connectivity index (χ0n) is 10.7. The molecule has 4 heteroatoms. The van der Waals surface area contributed by atoms with Gasteiger partial charge in [0.25, 0.3) is 0 Å². The normalized spacial score (nSPS) is 26.6. The molecule has 0 aliphatic carbocycles. The van der Waals surface area contributed by atoms with Crippen LogP contribution in [0.3, 0.4) is 0 Å². The molecule has 1 rings (SSSR count). The van der Waals surface area contributed by atoms with E-state index in [0.717, 1.165) is 31.6 Å². The van der Waals surface area contributed by atoms with Crippen molar-refractivity contribution in [2.24, 2.45) is 5.92 Å². The summed E-state index contributed by atoms with van der Waals surface area (Å²) < 4.78 is 17.5. The second-order valence-electron chi connectivity index (χ2n) is 4.69. The summed E-state index contributed by atoms with van der Waals surface area (Å²) in [6.07, 6.45) is 3.58. The molecule has 4 unspecified atom stereocenters. The van der Waals surface area contributed by atoms with E-state index in [1.54, 1.807) is 0 Å². The van der Waals surface area contributed by atoms with Crippen molar-refractivity contribution in [3.05, 3.63) is 0 Å². The molecule has 1 saturated heterocycles. The van der Waals surface area contributed by atoms with Gasteiger partial charge in [-0.3, -0.25) is 4.21 Å². The molecule has 0 amide bonds. The van der Waals surface area contributed by atoms with Crippen molar-refractivity contribution in [2.75, 3.05) is 25.2 Å². The highest BCUT2D eigenvalue weighted by Gasteiger charge is 2.21. The van der Waals surface area contributed by atoms with Crippen LogP contribution in [0.1, 0.15) is 33.1 Å². The standard InChI is InChI=1S/C12H25NO2S/c1-4-10(2)12(13-3)9-16(14)8-11-6-5-7-15-11/h10-13H,4-9H2,1-3H3. The SMILES string of the molecule is CCC(C)C(CS(=O)CC1CCCO1)NC. The van der Waals surface area contributed by atoms with Gasteiger partial charge in [0, 0.05) is 35.0 Å². The molecule has 0 radical (unpaired) electrons. The van der Waals surface area contributed by atoms with Gasteiger partial charge in [-0.1, -0.05) is 20.3 Å². The molecule has 0 aromatic heterocycles. The zero-order valence-corrected chi connectivity index (χ0v) is 11.5. The van der Waals surface area contributed by atoms with Gasteiger partial charge < -0.3 is 10.1 Å². The van der Waals surface area contributed by atoms with E-state index in [0.29, 0.717) is 17.7 Å². The summed E-state index contributed by atoms with van der Waals surface area (Å²) in [4.78, 5) is 0. The van der Waals surface area contributed by atoms with Crippen LogP contribution >= 0.6 is 0 Å². The summed E-state index contributed by atoms with van der Waals surface area (Å²) in [5, 5.41) is 3.27. The molecule has 16 heavy (non-hydrogen) atoms. The molecule has 0 bridgehead atoms. The summed E-state index contributed by atoms with van der Waals surface area (Å²) in [5.74, 6) is 2.05. The summed E-state index contributed by atoms with van der Waals surface area (Å²) in [5.41, 5.74) is 0. The Morgan fingerprint density at radius 2 is 2.31 bits per heavy atom. The quantitative estimate of drug-likeness (QED) is 0.742. The summed E-state index contributed by atoms with van der Waals surface area (Å²) in [6.45, 7) is 5.24. The third kappa shape index (κ3) is 4.52. The highest BCUT2D eigenvalue weighted by molar-refractivity contribution is 7.85. The van der Waals surface area contributed by atoms with Crippen molar-refractivity contribution < 1.29 is 8.95 Å². The van der Waals surface area contributed by atoms with Gasteiger partial charge in [-0.25, -0.2) is 0 Å². The maximum Gasteiger partial charge on any atom is 0.0691 e. The Balaban J connectivity index is 2.30. The van der Waals surface area contributed by atoms with Crippen LogP contribution in [0.5, 0.6) is 0 Å². The molecule has 0 aromatic rings. The van der Waals surface area contributed by atoms with Crippen molar-refractivity contribution in [2.45, 2.75) is 45.3 Å². The number of rotatable bonds is 7. The average molecular weight is 247 g/mol. The second kappa shape index (κ2) is 7.41. The zero-order chi connectivity index (χ0) is 12.0. The Morgan fingerprint density at radius 3 is 2.81 bits per heavy atom. The molecular formula is C12H25NO2S. The van der Waals surface area contributed by atoms with Gasteiger partial charge in [-0.2, -0.15) is 0 Å². The molecule has 1 aliphatic rings. The summed E-state index contributed by atoms with van der Waals surface area (Å²) in [7, 11) is 1.21. The third-order valence-electron chi connectivity index (χ3n) is 3.46. The molecular weight excluding hydrogens is 222 g/mol. The molecule has 4 atom stereocenters. The Kier molecular flexibility index (Phi) is 6.54. The average Bonchev–Trinajstić information content (AvgIpc) is 2.77.